The van der Waals surface area contributed by atoms with Crippen molar-refractivity contribution in [3.8, 4) is 0 Å². The molecule has 5 nitrogen and oxygen atoms in total. The molecule has 1 atom stereocenters. The summed E-state index contributed by atoms with van der Waals surface area (Å²) in [6.45, 7) is 7.54. The Bertz CT molecular complexity index is 569. The van der Waals surface area contributed by atoms with E-state index in [-0.39, 0.29) is 0 Å². The molecule has 1 aliphatic rings. The van der Waals surface area contributed by atoms with Gasteiger partial charge in [-0.2, -0.15) is 0 Å². The normalized spacial score (nSPS) is 19.4. The standard InChI is InChI=1S/C14H19N5S/c1-3-19-6-4-11(9-19)12-8-13(17-10(2)16-12)18-14-15-5-7-20-14/h5,7-8,11H,3-4,6,9H2,1-2H3,(H,15,16,17,18). The third-order valence-corrected chi connectivity index (χ3v) is 4.35. The van der Waals surface area contributed by atoms with E-state index in [0.29, 0.717) is 5.92 Å². The van der Waals surface area contributed by atoms with E-state index in [0.717, 1.165) is 35.6 Å². The first kappa shape index (κ1) is 13.5. The van der Waals surface area contributed by atoms with Crippen LogP contribution in [0.15, 0.2) is 17.6 Å². The first-order valence-electron chi connectivity index (χ1n) is 6.99. The number of rotatable bonds is 4. The molecular weight excluding hydrogens is 270 g/mol. The second-order valence-corrected chi connectivity index (χ2v) is 5.96. The smallest absolute Gasteiger partial charge is 0.188 e. The fourth-order valence-electron chi connectivity index (χ4n) is 2.62. The molecule has 2 aromatic heterocycles. The van der Waals surface area contributed by atoms with Gasteiger partial charge in [0.15, 0.2) is 5.13 Å². The van der Waals surface area contributed by atoms with Gasteiger partial charge in [0.25, 0.3) is 0 Å². The lowest BCUT2D eigenvalue weighted by atomic mass is 10.0. The molecule has 3 heterocycles. The van der Waals surface area contributed by atoms with E-state index in [2.05, 4.69) is 38.2 Å². The zero-order chi connectivity index (χ0) is 13.9. The molecule has 0 saturated carbocycles. The monoisotopic (exact) mass is 289 g/mol. The highest BCUT2D eigenvalue weighted by molar-refractivity contribution is 7.13. The zero-order valence-electron chi connectivity index (χ0n) is 11.8. The SMILES string of the molecule is CCN1CCC(c2cc(Nc3nccs3)nc(C)n2)C1. The second-order valence-electron chi connectivity index (χ2n) is 5.07. The van der Waals surface area contributed by atoms with E-state index in [1.165, 1.54) is 13.0 Å². The number of aromatic nitrogens is 3. The van der Waals surface area contributed by atoms with E-state index in [1.54, 1.807) is 17.5 Å². The van der Waals surface area contributed by atoms with Gasteiger partial charge in [-0.05, 0) is 26.4 Å². The van der Waals surface area contributed by atoms with Gasteiger partial charge in [-0.3, -0.25) is 0 Å². The molecule has 0 bridgehead atoms. The van der Waals surface area contributed by atoms with Crippen molar-refractivity contribution in [3.05, 3.63) is 29.2 Å². The zero-order valence-corrected chi connectivity index (χ0v) is 12.7. The van der Waals surface area contributed by atoms with Gasteiger partial charge in [-0.1, -0.05) is 6.92 Å². The number of likely N-dealkylation sites (N-methyl/N-ethyl adjacent to an activating group) is 1. The predicted octanol–water partition coefficient (Wildman–Crippen LogP) is 2.79. The average Bonchev–Trinajstić information content (AvgIpc) is 3.08. The summed E-state index contributed by atoms with van der Waals surface area (Å²) in [5, 5.41) is 6.08. The van der Waals surface area contributed by atoms with Crippen molar-refractivity contribution < 1.29 is 0 Å². The number of nitrogens with zero attached hydrogens (tertiary/aromatic N) is 4. The molecule has 3 rings (SSSR count). The first-order valence-corrected chi connectivity index (χ1v) is 7.87. The molecule has 0 aromatic carbocycles. The molecule has 1 saturated heterocycles. The molecule has 1 unspecified atom stereocenters. The molecule has 1 fully saturated rings. The Labute approximate surface area is 123 Å². The fraction of sp³-hybridized carbons (Fsp3) is 0.500. The van der Waals surface area contributed by atoms with Gasteiger partial charge in [0.1, 0.15) is 11.6 Å². The van der Waals surface area contributed by atoms with E-state index in [1.807, 2.05) is 12.3 Å². The van der Waals surface area contributed by atoms with Crippen molar-refractivity contribution >= 4 is 22.3 Å². The molecule has 0 aliphatic carbocycles. The van der Waals surface area contributed by atoms with Gasteiger partial charge < -0.3 is 10.2 Å². The summed E-state index contributed by atoms with van der Waals surface area (Å²) in [6.07, 6.45) is 2.97. The van der Waals surface area contributed by atoms with Crippen LogP contribution >= 0.6 is 11.3 Å². The number of likely N-dealkylation sites (tertiary alicyclic amines) is 1. The quantitative estimate of drug-likeness (QED) is 0.938. The first-order chi connectivity index (χ1) is 9.74. The van der Waals surface area contributed by atoms with Gasteiger partial charge in [0.05, 0.1) is 5.69 Å². The van der Waals surface area contributed by atoms with Crippen molar-refractivity contribution in [2.24, 2.45) is 0 Å². The summed E-state index contributed by atoms with van der Waals surface area (Å²) in [6, 6.07) is 2.07. The molecule has 6 heteroatoms. The van der Waals surface area contributed by atoms with E-state index in [4.69, 9.17) is 0 Å². The Morgan fingerprint density at radius 2 is 2.35 bits per heavy atom. The molecule has 1 aliphatic heterocycles. The van der Waals surface area contributed by atoms with Crippen molar-refractivity contribution in [2.45, 2.75) is 26.2 Å². The highest BCUT2D eigenvalue weighted by Crippen LogP contribution is 2.27. The lowest BCUT2D eigenvalue weighted by Crippen LogP contribution is -2.19. The summed E-state index contributed by atoms with van der Waals surface area (Å²) >= 11 is 1.57. The molecule has 2 aromatic rings. The predicted molar refractivity (Wildman–Crippen MR) is 81.6 cm³/mol. The fourth-order valence-corrected chi connectivity index (χ4v) is 3.16. The highest BCUT2D eigenvalue weighted by Gasteiger charge is 2.24. The summed E-state index contributed by atoms with van der Waals surface area (Å²) in [5.74, 6) is 2.18. The summed E-state index contributed by atoms with van der Waals surface area (Å²) < 4.78 is 0. The van der Waals surface area contributed by atoms with Crippen LogP contribution in [0.5, 0.6) is 0 Å². The van der Waals surface area contributed by atoms with E-state index in [9.17, 15) is 0 Å². The van der Waals surface area contributed by atoms with Crippen molar-refractivity contribution in [1.82, 2.24) is 19.9 Å². The molecular formula is C14H19N5S. The molecule has 1 N–H and O–H groups in total. The lowest BCUT2D eigenvalue weighted by molar-refractivity contribution is 0.353. The van der Waals surface area contributed by atoms with Crippen LogP contribution in [0, 0.1) is 6.92 Å². The number of nitrogens with one attached hydrogen (secondary N) is 1. The minimum Gasteiger partial charge on any atom is -0.316 e. The van der Waals surface area contributed by atoms with Gasteiger partial charge >= 0.3 is 0 Å². The van der Waals surface area contributed by atoms with Crippen LogP contribution in [0.25, 0.3) is 0 Å². The Balaban J connectivity index is 1.80. The minimum atomic E-state index is 0.522. The maximum Gasteiger partial charge on any atom is 0.188 e. The topological polar surface area (TPSA) is 53.9 Å². The number of hydrogen-bond donors (Lipinski definition) is 1. The van der Waals surface area contributed by atoms with E-state index < -0.39 is 0 Å². The van der Waals surface area contributed by atoms with Crippen LogP contribution in [-0.4, -0.2) is 39.5 Å². The number of aryl methyl sites for hydroxylation is 1. The Hall–Kier alpha value is -1.53. The second kappa shape index (κ2) is 5.85. The molecule has 106 valence electrons. The van der Waals surface area contributed by atoms with E-state index >= 15 is 0 Å². The van der Waals surface area contributed by atoms with Gasteiger partial charge in [-0.25, -0.2) is 15.0 Å². The molecule has 20 heavy (non-hydrogen) atoms. The minimum absolute atomic E-state index is 0.522. The average molecular weight is 289 g/mol. The van der Waals surface area contributed by atoms with Gasteiger partial charge in [0.2, 0.25) is 0 Å². The maximum atomic E-state index is 4.62. The summed E-state index contributed by atoms with van der Waals surface area (Å²) in [4.78, 5) is 15.8. The maximum absolute atomic E-state index is 4.62. The highest BCUT2D eigenvalue weighted by atomic mass is 32.1. The largest absolute Gasteiger partial charge is 0.316 e. The number of hydrogen-bond acceptors (Lipinski definition) is 6. The van der Waals surface area contributed by atoms with Crippen LogP contribution in [-0.2, 0) is 0 Å². The molecule has 0 radical (unpaired) electrons. The third kappa shape index (κ3) is 2.96. The van der Waals surface area contributed by atoms with Crippen LogP contribution in [0.3, 0.4) is 0 Å². The van der Waals surface area contributed by atoms with Crippen LogP contribution in [0.4, 0.5) is 10.9 Å². The third-order valence-electron chi connectivity index (χ3n) is 3.66. The van der Waals surface area contributed by atoms with Crippen molar-refractivity contribution in [2.75, 3.05) is 25.0 Å². The summed E-state index contributed by atoms with van der Waals surface area (Å²) in [7, 11) is 0. The van der Waals surface area contributed by atoms with Crippen LogP contribution in [0.1, 0.15) is 30.8 Å². The Kier molecular flexibility index (Phi) is 3.93. The molecule has 0 amide bonds. The van der Waals surface area contributed by atoms with Crippen molar-refractivity contribution in [3.63, 3.8) is 0 Å². The van der Waals surface area contributed by atoms with Crippen LogP contribution in [0.2, 0.25) is 0 Å². The summed E-state index contributed by atoms with van der Waals surface area (Å²) in [5.41, 5.74) is 1.15. The lowest BCUT2D eigenvalue weighted by Gasteiger charge is -2.14. The Morgan fingerprint density at radius 1 is 1.45 bits per heavy atom. The van der Waals surface area contributed by atoms with Crippen molar-refractivity contribution in [1.29, 1.82) is 0 Å². The van der Waals surface area contributed by atoms with Crippen LogP contribution < -0.4 is 5.32 Å². The Morgan fingerprint density at radius 3 is 3.05 bits per heavy atom. The number of thiazole rings is 1. The van der Waals surface area contributed by atoms with Gasteiger partial charge in [0, 0.05) is 30.1 Å². The molecule has 0 spiro atoms. The number of anilines is 2. The van der Waals surface area contributed by atoms with Gasteiger partial charge in [-0.15, -0.1) is 11.3 Å².